The van der Waals surface area contributed by atoms with Gasteiger partial charge in [0.2, 0.25) is 10.0 Å². The molecule has 0 heterocycles. The number of hydrogen-bond donors (Lipinski definition) is 2. The summed E-state index contributed by atoms with van der Waals surface area (Å²) in [5.74, 6) is 0. The van der Waals surface area contributed by atoms with Gasteiger partial charge in [-0.15, -0.1) is 0 Å². The van der Waals surface area contributed by atoms with Crippen molar-refractivity contribution in [2.45, 2.75) is 17.9 Å². The summed E-state index contributed by atoms with van der Waals surface area (Å²) >= 11 is 0. The van der Waals surface area contributed by atoms with E-state index in [1.807, 2.05) is 0 Å². The van der Waals surface area contributed by atoms with Crippen LogP contribution in [0.2, 0.25) is 0 Å². The summed E-state index contributed by atoms with van der Waals surface area (Å²) in [6.07, 6.45) is -0.128. The second kappa shape index (κ2) is 5.95. The molecular weight excluding hydrogens is 274 g/mol. The van der Waals surface area contributed by atoms with Crippen molar-refractivity contribution in [2.24, 2.45) is 5.14 Å². The van der Waals surface area contributed by atoms with Crippen LogP contribution in [0.3, 0.4) is 0 Å². The van der Waals surface area contributed by atoms with Crippen LogP contribution in [0, 0.1) is 10.1 Å². The molecule has 0 bridgehead atoms. The van der Waals surface area contributed by atoms with Crippen molar-refractivity contribution in [1.29, 1.82) is 0 Å². The highest BCUT2D eigenvalue weighted by Crippen LogP contribution is 2.23. The third-order valence-corrected chi connectivity index (χ3v) is 3.32. The Kier molecular flexibility index (Phi) is 4.81. The summed E-state index contributed by atoms with van der Waals surface area (Å²) in [6.45, 7) is 2.17. The average Bonchev–Trinajstić information content (AvgIpc) is 2.34. The van der Waals surface area contributed by atoms with Gasteiger partial charge in [0.05, 0.1) is 15.9 Å². The molecular formula is C10H15N3O5S. The number of primary sulfonamides is 1. The van der Waals surface area contributed by atoms with E-state index in [9.17, 15) is 18.5 Å². The molecule has 0 saturated carbocycles. The van der Waals surface area contributed by atoms with Gasteiger partial charge in [-0.3, -0.25) is 10.1 Å². The largest absolute Gasteiger partial charge is 0.382 e. The van der Waals surface area contributed by atoms with E-state index in [2.05, 4.69) is 5.32 Å². The lowest BCUT2D eigenvalue weighted by molar-refractivity contribution is -0.385. The zero-order valence-corrected chi connectivity index (χ0v) is 11.3. The van der Waals surface area contributed by atoms with Crippen molar-refractivity contribution in [3.05, 3.63) is 28.3 Å². The lowest BCUT2D eigenvalue weighted by Crippen LogP contribution is -2.19. The fourth-order valence-electron chi connectivity index (χ4n) is 1.30. The molecule has 0 aliphatic carbocycles. The first-order valence-electron chi connectivity index (χ1n) is 5.33. The van der Waals surface area contributed by atoms with Gasteiger partial charge in [-0.1, -0.05) is 0 Å². The van der Waals surface area contributed by atoms with Crippen LogP contribution in [0.15, 0.2) is 23.1 Å². The molecule has 3 N–H and O–H groups in total. The zero-order valence-electron chi connectivity index (χ0n) is 10.5. The molecule has 19 heavy (non-hydrogen) atoms. The van der Waals surface area contributed by atoms with Crippen molar-refractivity contribution in [2.75, 3.05) is 19.0 Å². The van der Waals surface area contributed by atoms with E-state index in [-0.39, 0.29) is 16.7 Å². The van der Waals surface area contributed by atoms with E-state index in [1.54, 1.807) is 6.92 Å². The van der Waals surface area contributed by atoms with Gasteiger partial charge in [-0.05, 0) is 13.0 Å². The number of hydrogen-bond acceptors (Lipinski definition) is 6. The topological polar surface area (TPSA) is 125 Å². The molecule has 9 heteroatoms. The first-order valence-corrected chi connectivity index (χ1v) is 6.87. The Bertz CT molecular complexity index is 573. The third-order valence-electron chi connectivity index (χ3n) is 2.43. The summed E-state index contributed by atoms with van der Waals surface area (Å²) in [4.78, 5) is 9.75. The number of methoxy groups -OCH3 is 1. The highest BCUT2D eigenvalue weighted by Gasteiger charge is 2.16. The number of nitrogens with zero attached hydrogens (tertiary/aromatic N) is 1. The molecule has 0 aromatic heterocycles. The summed E-state index contributed by atoms with van der Waals surface area (Å²) < 4.78 is 27.5. The number of nitrogens with two attached hydrogens (primary N) is 1. The van der Waals surface area contributed by atoms with Gasteiger partial charge < -0.3 is 10.1 Å². The van der Waals surface area contributed by atoms with Crippen LogP contribution in [0.5, 0.6) is 0 Å². The minimum absolute atomic E-state index is 0.128. The minimum Gasteiger partial charge on any atom is -0.382 e. The standard InChI is InChI=1S/C10H15N3O5S/c1-7(18-2)6-12-8-3-9(13(14)15)5-10(4-8)19(11,16)17/h3-5,7,12H,6H2,1-2H3,(H2,11,16,17). The number of sulfonamides is 1. The number of benzene rings is 1. The van der Waals surface area contributed by atoms with Crippen molar-refractivity contribution < 1.29 is 18.1 Å². The molecule has 1 rings (SSSR count). The minimum atomic E-state index is -4.00. The van der Waals surface area contributed by atoms with Crippen LogP contribution in [0.25, 0.3) is 0 Å². The molecule has 106 valence electrons. The molecule has 1 unspecified atom stereocenters. The normalized spacial score (nSPS) is 13.0. The number of ether oxygens (including phenoxy) is 1. The van der Waals surface area contributed by atoms with Gasteiger partial charge in [0, 0.05) is 31.5 Å². The number of non-ortho nitro benzene ring substituents is 1. The number of nitro groups is 1. The molecule has 0 aliphatic rings. The summed E-state index contributed by atoms with van der Waals surface area (Å²) in [5, 5.41) is 18.6. The van der Waals surface area contributed by atoms with E-state index < -0.39 is 14.9 Å². The smallest absolute Gasteiger partial charge is 0.272 e. The molecule has 1 aromatic rings. The van der Waals surface area contributed by atoms with Gasteiger partial charge >= 0.3 is 0 Å². The van der Waals surface area contributed by atoms with Gasteiger partial charge in [0.15, 0.2) is 0 Å². The van der Waals surface area contributed by atoms with Crippen LogP contribution in [0.4, 0.5) is 11.4 Å². The van der Waals surface area contributed by atoms with Crippen molar-refractivity contribution in [3.8, 4) is 0 Å². The molecule has 0 saturated heterocycles. The molecule has 0 aliphatic heterocycles. The Hall–Kier alpha value is -1.71. The molecule has 0 amide bonds. The number of anilines is 1. The molecule has 1 aromatic carbocycles. The fraction of sp³-hybridized carbons (Fsp3) is 0.400. The van der Waals surface area contributed by atoms with Gasteiger partial charge in [0.25, 0.3) is 5.69 Å². The highest BCUT2D eigenvalue weighted by atomic mass is 32.2. The summed E-state index contributed by atoms with van der Waals surface area (Å²) in [7, 11) is -2.48. The quantitative estimate of drug-likeness (QED) is 0.586. The van der Waals surface area contributed by atoms with Gasteiger partial charge in [0.1, 0.15) is 0 Å². The zero-order chi connectivity index (χ0) is 14.6. The maximum atomic E-state index is 11.3. The molecule has 0 fully saturated rings. The van der Waals surface area contributed by atoms with Gasteiger partial charge in [-0.2, -0.15) is 0 Å². The number of rotatable bonds is 6. The van der Waals surface area contributed by atoms with E-state index in [4.69, 9.17) is 9.88 Å². The summed E-state index contributed by atoms with van der Waals surface area (Å²) in [6, 6.07) is 3.39. The molecule has 0 spiro atoms. The Morgan fingerprint density at radius 1 is 1.47 bits per heavy atom. The second-order valence-corrected chi connectivity index (χ2v) is 5.51. The molecule has 1 atom stereocenters. The Labute approximate surface area is 110 Å². The van der Waals surface area contributed by atoms with Crippen LogP contribution in [-0.4, -0.2) is 33.1 Å². The maximum absolute atomic E-state index is 11.3. The fourth-order valence-corrected chi connectivity index (χ4v) is 1.88. The second-order valence-electron chi connectivity index (χ2n) is 3.94. The van der Waals surface area contributed by atoms with E-state index >= 15 is 0 Å². The van der Waals surface area contributed by atoms with Crippen LogP contribution in [0.1, 0.15) is 6.92 Å². The predicted octanol–water partition coefficient (Wildman–Crippen LogP) is 0.689. The van der Waals surface area contributed by atoms with Crippen LogP contribution >= 0.6 is 0 Å². The molecule has 8 nitrogen and oxygen atoms in total. The number of nitro benzene ring substituents is 1. The third kappa shape index (κ3) is 4.47. The predicted molar refractivity (Wildman–Crippen MR) is 69.4 cm³/mol. The summed E-state index contributed by atoms with van der Waals surface area (Å²) in [5.41, 5.74) is -0.0544. The lowest BCUT2D eigenvalue weighted by atomic mass is 10.2. The highest BCUT2D eigenvalue weighted by molar-refractivity contribution is 7.89. The van der Waals surface area contributed by atoms with E-state index in [0.29, 0.717) is 12.2 Å². The first-order chi connectivity index (χ1) is 8.74. The molecule has 0 radical (unpaired) electrons. The SMILES string of the molecule is COC(C)CNc1cc([N+](=O)[O-])cc(S(N)(=O)=O)c1. The van der Waals surface area contributed by atoms with Gasteiger partial charge in [-0.25, -0.2) is 13.6 Å². The monoisotopic (exact) mass is 289 g/mol. The Morgan fingerprint density at radius 3 is 2.58 bits per heavy atom. The van der Waals surface area contributed by atoms with Crippen molar-refractivity contribution in [1.82, 2.24) is 0 Å². The van der Waals surface area contributed by atoms with E-state index in [1.165, 1.54) is 19.2 Å². The van der Waals surface area contributed by atoms with Crippen molar-refractivity contribution >= 4 is 21.4 Å². The van der Waals surface area contributed by atoms with Crippen LogP contribution in [-0.2, 0) is 14.8 Å². The van der Waals surface area contributed by atoms with E-state index in [0.717, 1.165) is 6.07 Å². The van der Waals surface area contributed by atoms with Crippen LogP contribution < -0.4 is 10.5 Å². The van der Waals surface area contributed by atoms with Crippen molar-refractivity contribution in [3.63, 3.8) is 0 Å². The Morgan fingerprint density at radius 2 is 2.11 bits per heavy atom. The first kappa shape index (κ1) is 15.3. The lowest BCUT2D eigenvalue weighted by Gasteiger charge is -2.12. The Balaban J connectivity index is 3.11. The maximum Gasteiger partial charge on any atom is 0.272 e. The number of nitrogens with one attached hydrogen (secondary N) is 1. The average molecular weight is 289 g/mol.